The standard InChI is InChI=1S/C10H14O3.C10H16O2/c1-6-8(13-4)7(11)5-10(2,3)9(6)12;1-6-7(2)9(12)10(3,4)5-8(6)11/h5H2,1-4H3;8,11H,5H2,1-4H3. The van der Waals surface area contributed by atoms with Gasteiger partial charge < -0.3 is 9.84 Å². The maximum absolute atomic E-state index is 11.7. The Morgan fingerprint density at radius 3 is 1.88 bits per heavy atom. The van der Waals surface area contributed by atoms with E-state index in [0.29, 0.717) is 12.0 Å². The van der Waals surface area contributed by atoms with E-state index in [-0.39, 0.29) is 34.9 Å². The van der Waals surface area contributed by atoms with Crippen molar-refractivity contribution in [2.75, 3.05) is 7.11 Å². The summed E-state index contributed by atoms with van der Waals surface area (Å²) in [5.74, 6) is 0.322. The third-order valence-electron chi connectivity index (χ3n) is 5.11. The molecule has 5 heteroatoms. The summed E-state index contributed by atoms with van der Waals surface area (Å²) in [4.78, 5) is 34.8. The van der Waals surface area contributed by atoms with Crippen molar-refractivity contribution in [1.82, 2.24) is 0 Å². The summed E-state index contributed by atoms with van der Waals surface area (Å²) in [7, 11) is 1.42. The SMILES string of the molecule is CC1=C(C)C(O)CC(C)(C)C1=O.COC1=C(C)C(=O)C(C)(C)CC1=O. The molecule has 0 amide bonds. The van der Waals surface area contributed by atoms with Crippen LogP contribution in [-0.2, 0) is 19.1 Å². The summed E-state index contributed by atoms with van der Waals surface area (Å²) in [6, 6.07) is 0. The second kappa shape index (κ2) is 7.24. The van der Waals surface area contributed by atoms with Gasteiger partial charge in [-0.2, -0.15) is 0 Å². The molecule has 0 spiro atoms. The highest BCUT2D eigenvalue weighted by Crippen LogP contribution is 2.35. The smallest absolute Gasteiger partial charge is 0.198 e. The van der Waals surface area contributed by atoms with Gasteiger partial charge in [-0.05, 0) is 38.3 Å². The molecule has 0 saturated carbocycles. The molecule has 25 heavy (non-hydrogen) atoms. The predicted molar refractivity (Wildman–Crippen MR) is 95.9 cm³/mol. The van der Waals surface area contributed by atoms with Crippen molar-refractivity contribution in [3.8, 4) is 0 Å². The molecule has 0 bridgehead atoms. The Morgan fingerprint density at radius 1 is 0.920 bits per heavy atom. The molecule has 0 aromatic carbocycles. The molecule has 0 aromatic rings. The highest BCUT2D eigenvalue weighted by atomic mass is 16.5. The van der Waals surface area contributed by atoms with Crippen molar-refractivity contribution in [2.24, 2.45) is 10.8 Å². The Labute approximate surface area is 150 Å². The van der Waals surface area contributed by atoms with Gasteiger partial charge in [0.25, 0.3) is 0 Å². The summed E-state index contributed by atoms with van der Waals surface area (Å²) in [5.41, 5.74) is 1.06. The Hall–Kier alpha value is -1.75. The first-order valence-electron chi connectivity index (χ1n) is 8.49. The number of ketones is 3. The number of hydrogen-bond donors (Lipinski definition) is 1. The lowest BCUT2D eigenvalue weighted by atomic mass is 9.72. The van der Waals surface area contributed by atoms with Gasteiger partial charge in [0.1, 0.15) is 0 Å². The highest BCUT2D eigenvalue weighted by molar-refractivity contribution is 6.12. The van der Waals surface area contributed by atoms with E-state index in [9.17, 15) is 19.5 Å². The quantitative estimate of drug-likeness (QED) is 0.786. The summed E-state index contributed by atoms with van der Waals surface area (Å²) < 4.78 is 4.89. The van der Waals surface area contributed by atoms with E-state index in [1.54, 1.807) is 27.7 Å². The highest BCUT2D eigenvalue weighted by Gasteiger charge is 2.39. The van der Waals surface area contributed by atoms with Crippen LogP contribution in [-0.4, -0.2) is 35.7 Å². The van der Waals surface area contributed by atoms with Crippen molar-refractivity contribution in [1.29, 1.82) is 0 Å². The van der Waals surface area contributed by atoms with E-state index in [1.165, 1.54) is 7.11 Å². The van der Waals surface area contributed by atoms with Gasteiger partial charge in [-0.15, -0.1) is 0 Å². The molecule has 5 nitrogen and oxygen atoms in total. The average Bonchev–Trinajstić information content (AvgIpc) is 2.49. The molecule has 1 unspecified atom stereocenters. The van der Waals surface area contributed by atoms with Crippen LogP contribution < -0.4 is 0 Å². The number of ether oxygens (including phenoxy) is 1. The number of aliphatic hydroxyl groups is 1. The number of allylic oxidation sites excluding steroid dienone is 3. The summed E-state index contributed by atoms with van der Waals surface area (Å²) in [6.45, 7) is 12.6. The minimum absolute atomic E-state index is 0.00366. The van der Waals surface area contributed by atoms with Gasteiger partial charge in [0, 0.05) is 22.8 Å². The summed E-state index contributed by atoms with van der Waals surface area (Å²) in [5, 5.41) is 9.59. The number of aliphatic hydroxyl groups excluding tert-OH is 1. The molecule has 140 valence electrons. The lowest BCUT2D eigenvalue weighted by Crippen LogP contribution is -2.36. The molecule has 0 radical (unpaired) electrons. The number of Topliss-reactive ketones (excluding diaryl/α,β-unsaturated/α-hetero) is 3. The van der Waals surface area contributed by atoms with Crippen LogP contribution in [0.15, 0.2) is 22.5 Å². The Kier molecular flexibility index (Phi) is 6.17. The number of hydrogen-bond acceptors (Lipinski definition) is 5. The monoisotopic (exact) mass is 350 g/mol. The topological polar surface area (TPSA) is 80.7 Å². The fraction of sp³-hybridized carbons (Fsp3) is 0.650. The lowest BCUT2D eigenvalue weighted by Gasteiger charge is -2.32. The zero-order valence-electron chi connectivity index (χ0n) is 16.6. The van der Waals surface area contributed by atoms with E-state index >= 15 is 0 Å². The van der Waals surface area contributed by atoms with E-state index < -0.39 is 11.5 Å². The normalized spacial score (nSPS) is 25.6. The molecule has 1 atom stereocenters. The number of carbonyl (C=O) groups excluding carboxylic acids is 3. The zero-order valence-corrected chi connectivity index (χ0v) is 16.6. The van der Waals surface area contributed by atoms with Gasteiger partial charge in [-0.1, -0.05) is 27.7 Å². The number of rotatable bonds is 1. The molecular formula is C20H30O5. The maximum Gasteiger partial charge on any atom is 0.198 e. The minimum atomic E-state index is -0.566. The van der Waals surface area contributed by atoms with Crippen molar-refractivity contribution in [3.63, 3.8) is 0 Å². The van der Waals surface area contributed by atoms with E-state index in [2.05, 4.69) is 0 Å². The first-order chi connectivity index (χ1) is 11.3. The van der Waals surface area contributed by atoms with Crippen molar-refractivity contribution < 1.29 is 24.2 Å². The molecule has 0 saturated heterocycles. The van der Waals surface area contributed by atoms with E-state index in [0.717, 1.165) is 11.1 Å². The van der Waals surface area contributed by atoms with Crippen LogP contribution in [0.2, 0.25) is 0 Å². The van der Waals surface area contributed by atoms with E-state index in [1.807, 2.05) is 20.8 Å². The molecule has 2 aliphatic carbocycles. The van der Waals surface area contributed by atoms with Gasteiger partial charge in [0.15, 0.2) is 23.1 Å². The first-order valence-corrected chi connectivity index (χ1v) is 8.49. The van der Waals surface area contributed by atoms with E-state index in [4.69, 9.17) is 4.74 Å². The van der Waals surface area contributed by atoms with Crippen molar-refractivity contribution >= 4 is 17.3 Å². The van der Waals surface area contributed by atoms with Gasteiger partial charge in [0.2, 0.25) is 0 Å². The Bertz CT molecular complexity index is 662. The zero-order chi connectivity index (χ0) is 19.7. The Morgan fingerprint density at radius 2 is 1.40 bits per heavy atom. The number of carbonyl (C=O) groups is 3. The van der Waals surface area contributed by atoms with Crippen LogP contribution in [0.5, 0.6) is 0 Å². The summed E-state index contributed by atoms with van der Waals surface area (Å²) >= 11 is 0. The second-order valence-electron chi connectivity index (χ2n) is 8.21. The third-order valence-corrected chi connectivity index (χ3v) is 5.11. The predicted octanol–water partition coefficient (Wildman–Crippen LogP) is 3.16. The van der Waals surface area contributed by atoms with Gasteiger partial charge in [-0.3, -0.25) is 14.4 Å². The average molecular weight is 350 g/mol. The van der Waals surface area contributed by atoms with Crippen LogP contribution in [0, 0.1) is 10.8 Å². The third kappa shape index (κ3) is 4.27. The van der Waals surface area contributed by atoms with Crippen LogP contribution in [0.4, 0.5) is 0 Å². The maximum atomic E-state index is 11.7. The van der Waals surface area contributed by atoms with Crippen LogP contribution >= 0.6 is 0 Å². The van der Waals surface area contributed by atoms with Crippen LogP contribution in [0.1, 0.15) is 61.3 Å². The van der Waals surface area contributed by atoms with Gasteiger partial charge in [-0.25, -0.2) is 0 Å². The van der Waals surface area contributed by atoms with Crippen molar-refractivity contribution in [2.45, 2.75) is 67.4 Å². The molecule has 2 aliphatic rings. The largest absolute Gasteiger partial charge is 0.493 e. The molecular weight excluding hydrogens is 320 g/mol. The molecule has 1 N–H and O–H groups in total. The molecule has 0 aromatic heterocycles. The van der Waals surface area contributed by atoms with Gasteiger partial charge in [0.05, 0.1) is 13.2 Å². The first kappa shape index (κ1) is 21.3. The van der Waals surface area contributed by atoms with Crippen LogP contribution in [0.25, 0.3) is 0 Å². The molecule has 0 aliphatic heterocycles. The molecule has 2 rings (SSSR count). The number of methoxy groups -OCH3 is 1. The Balaban J connectivity index is 0.000000251. The second-order valence-corrected chi connectivity index (χ2v) is 8.21. The van der Waals surface area contributed by atoms with Crippen LogP contribution in [0.3, 0.4) is 0 Å². The molecule has 0 fully saturated rings. The summed E-state index contributed by atoms with van der Waals surface area (Å²) in [6.07, 6.45) is 0.360. The fourth-order valence-corrected chi connectivity index (χ4v) is 3.31. The van der Waals surface area contributed by atoms with Crippen molar-refractivity contribution in [3.05, 3.63) is 22.5 Å². The van der Waals surface area contributed by atoms with Gasteiger partial charge >= 0.3 is 0 Å². The molecule has 0 heterocycles. The fourth-order valence-electron chi connectivity index (χ4n) is 3.31. The lowest BCUT2D eigenvalue weighted by molar-refractivity contribution is -0.132. The minimum Gasteiger partial charge on any atom is -0.493 e.